The maximum absolute atomic E-state index is 12.2. The van der Waals surface area contributed by atoms with Crippen molar-refractivity contribution in [2.75, 3.05) is 18.4 Å². The Balaban J connectivity index is 2.02. The molecule has 0 bridgehead atoms. The molecule has 1 saturated heterocycles. The van der Waals surface area contributed by atoms with E-state index in [9.17, 15) is 9.59 Å². The van der Waals surface area contributed by atoms with E-state index in [0.29, 0.717) is 29.5 Å². The molecule has 1 aliphatic rings. The Bertz CT molecular complexity index is 577. The van der Waals surface area contributed by atoms with Gasteiger partial charge in [0.25, 0.3) is 5.91 Å². The molecule has 3 amide bonds. The van der Waals surface area contributed by atoms with Gasteiger partial charge in [-0.1, -0.05) is 11.6 Å². The van der Waals surface area contributed by atoms with Gasteiger partial charge in [-0.05, 0) is 39.0 Å². The van der Waals surface area contributed by atoms with Gasteiger partial charge in [-0.15, -0.1) is 0 Å². The predicted octanol–water partition coefficient (Wildman–Crippen LogP) is 2.48. The largest absolute Gasteiger partial charge is 0.489 e. The fraction of sp³-hybridized carbons (Fsp3) is 0.467. The summed E-state index contributed by atoms with van der Waals surface area (Å²) < 4.78 is 5.56. The summed E-state index contributed by atoms with van der Waals surface area (Å²) in [5.41, 5.74) is 0.696. The van der Waals surface area contributed by atoms with Crippen LogP contribution >= 0.6 is 11.6 Å². The lowest BCUT2D eigenvalue weighted by atomic mass is 10.2. The van der Waals surface area contributed by atoms with Crippen LogP contribution in [0.1, 0.15) is 20.8 Å². The summed E-state index contributed by atoms with van der Waals surface area (Å²) in [5, 5.41) is 6.12. The Morgan fingerprint density at radius 1 is 1.41 bits per heavy atom. The predicted molar refractivity (Wildman–Crippen MR) is 85.4 cm³/mol. The highest BCUT2D eigenvalue weighted by Gasteiger charge is 2.29. The van der Waals surface area contributed by atoms with Crippen LogP contribution in [-0.4, -0.2) is 42.1 Å². The minimum atomic E-state index is -0.531. The molecule has 7 heteroatoms. The highest BCUT2D eigenvalue weighted by atomic mass is 35.5. The molecule has 0 spiro atoms. The molecule has 2 N–H and O–H groups in total. The Hall–Kier alpha value is -1.95. The number of imide groups is 1. The first-order valence-electron chi connectivity index (χ1n) is 7.20. The van der Waals surface area contributed by atoms with Gasteiger partial charge in [0.15, 0.2) is 0 Å². The number of rotatable bonds is 5. The van der Waals surface area contributed by atoms with E-state index in [4.69, 9.17) is 16.3 Å². The summed E-state index contributed by atoms with van der Waals surface area (Å²) >= 11 is 6.16. The molecule has 1 aromatic rings. The number of halogens is 1. The molecule has 0 saturated carbocycles. The van der Waals surface area contributed by atoms with Crippen LogP contribution < -0.4 is 15.4 Å². The Kier molecular flexibility index (Phi) is 5.13. The van der Waals surface area contributed by atoms with Crippen molar-refractivity contribution in [3.63, 3.8) is 0 Å². The zero-order chi connectivity index (χ0) is 16.3. The number of amides is 3. The number of nitrogens with one attached hydrogen (secondary N) is 2. The van der Waals surface area contributed by atoms with Gasteiger partial charge in [0.05, 0.1) is 11.1 Å². The molecule has 22 heavy (non-hydrogen) atoms. The van der Waals surface area contributed by atoms with Crippen LogP contribution in [0.2, 0.25) is 5.02 Å². The number of hydrogen-bond donors (Lipinski definition) is 2. The monoisotopic (exact) mass is 325 g/mol. The molecule has 6 nitrogen and oxygen atoms in total. The SMILES string of the molecule is CC(C)Oc1ccc(NC(C)C(=O)N2CCNC2=O)cc1Cl. The minimum absolute atomic E-state index is 0.0329. The highest BCUT2D eigenvalue weighted by Crippen LogP contribution is 2.28. The van der Waals surface area contributed by atoms with Gasteiger partial charge in [-0.2, -0.15) is 0 Å². The molecule has 1 heterocycles. The number of nitrogens with zero attached hydrogens (tertiary/aromatic N) is 1. The zero-order valence-electron chi connectivity index (χ0n) is 12.9. The second kappa shape index (κ2) is 6.87. The minimum Gasteiger partial charge on any atom is -0.489 e. The number of hydrogen-bond acceptors (Lipinski definition) is 4. The van der Waals surface area contributed by atoms with E-state index in [1.54, 1.807) is 25.1 Å². The van der Waals surface area contributed by atoms with Crippen molar-refractivity contribution in [3.05, 3.63) is 23.2 Å². The number of benzene rings is 1. The lowest BCUT2D eigenvalue weighted by molar-refractivity contribution is -0.128. The van der Waals surface area contributed by atoms with E-state index >= 15 is 0 Å². The highest BCUT2D eigenvalue weighted by molar-refractivity contribution is 6.32. The van der Waals surface area contributed by atoms with Crippen LogP contribution in [0.5, 0.6) is 5.75 Å². The van der Waals surface area contributed by atoms with Crippen LogP contribution in [0.25, 0.3) is 0 Å². The number of urea groups is 1. The fourth-order valence-corrected chi connectivity index (χ4v) is 2.39. The van der Waals surface area contributed by atoms with Crippen molar-refractivity contribution in [1.82, 2.24) is 10.2 Å². The van der Waals surface area contributed by atoms with Gasteiger partial charge in [-0.3, -0.25) is 9.69 Å². The van der Waals surface area contributed by atoms with Crippen LogP contribution in [0.3, 0.4) is 0 Å². The van der Waals surface area contributed by atoms with E-state index < -0.39 is 6.04 Å². The smallest absolute Gasteiger partial charge is 0.324 e. The molecule has 1 aliphatic heterocycles. The lowest BCUT2D eigenvalue weighted by Gasteiger charge is -2.20. The molecule has 0 radical (unpaired) electrons. The average Bonchev–Trinajstić information content (AvgIpc) is 2.86. The Morgan fingerprint density at radius 2 is 2.14 bits per heavy atom. The average molecular weight is 326 g/mol. The van der Waals surface area contributed by atoms with Crippen molar-refractivity contribution in [1.29, 1.82) is 0 Å². The zero-order valence-corrected chi connectivity index (χ0v) is 13.6. The quantitative estimate of drug-likeness (QED) is 0.872. The van der Waals surface area contributed by atoms with Gasteiger partial charge >= 0.3 is 6.03 Å². The normalized spacial score (nSPS) is 15.7. The molecular weight excluding hydrogens is 306 g/mol. The first-order valence-corrected chi connectivity index (χ1v) is 7.58. The third-order valence-electron chi connectivity index (χ3n) is 3.17. The maximum atomic E-state index is 12.2. The number of anilines is 1. The summed E-state index contributed by atoms with van der Waals surface area (Å²) in [6, 6.07) is 4.36. The van der Waals surface area contributed by atoms with E-state index in [1.165, 1.54) is 4.90 Å². The van der Waals surface area contributed by atoms with Crippen LogP contribution in [0.4, 0.5) is 10.5 Å². The van der Waals surface area contributed by atoms with Gasteiger partial charge in [0.1, 0.15) is 11.8 Å². The van der Waals surface area contributed by atoms with Gasteiger partial charge in [0.2, 0.25) is 0 Å². The molecule has 1 aromatic carbocycles. The summed E-state index contributed by atoms with van der Waals surface area (Å²) in [6.45, 7) is 6.44. The van der Waals surface area contributed by atoms with Crippen molar-refractivity contribution in [2.45, 2.75) is 32.9 Å². The molecule has 2 rings (SSSR count). The Labute approximate surface area is 134 Å². The first-order chi connectivity index (χ1) is 10.4. The molecule has 0 aliphatic carbocycles. The summed E-state index contributed by atoms with van der Waals surface area (Å²) in [6.07, 6.45) is 0.0329. The van der Waals surface area contributed by atoms with Gasteiger partial charge in [-0.25, -0.2) is 4.79 Å². The van der Waals surface area contributed by atoms with E-state index in [-0.39, 0.29) is 18.0 Å². The summed E-state index contributed by atoms with van der Waals surface area (Å²) in [5.74, 6) is 0.328. The van der Waals surface area contributed by atoms with Gasteiger partial charge in [0, 0.05) is 18.8 Å². The van der Waals surface area contributed by atoms with Crippen LogP contribution in [0.15, 0.2) is 18.2 Å². The van der Waals surface area contributed by atoms with E-state index in [2.05, 4.69) is 10.6 Å². The van der Waals surface area contributed by atoms with Crippen LogP contribution in [-0.2, 0) is 4.79 Å². The summed E-state index contributed by atoms with van der Waals surface area (Å²) in [7, 11) is 0. The Morgan fingerprint density at radius 3 is 2.68 bits per heavy atom. The third-order valence-corrected chi connectivity index (χ3v) is 3.47. The second-order valence-corrected chi connectivity index (χ2v) is 5.81. The number of carbonyl (C=O) groups excluding carboxylic acids is 2. The van der Waals surface area contributed by atoms with Crippen molar-refractivity contribution >= 4 is 29.2 Å². The van der Waals surface area contributed by atoms with Gasteiger partial charge < -0.3 is 15.4 Å². The van der Waals surface area contributed by atoms with E-state index in [1.807, 2.05) is 13.8 Å². The van der Waals surface area contributed by atoms with Crippen molar-refractivity contribution in [3.8, 4) is 5.75 Å². The van der Waals surface area contributed by atoms with E-state index in [0.717, 1.165) is 0 Å². The number of carbonyl (C=O) groups is 2. The third kappa shape index (κ3) is 3.82. The second-order valence-electron chi connectivity index (χ2n) is 5.40. The van der Waals surface area contributed by atoms with Crippen molar-refractivity contribution < 1.29 is 14.3 Å². The molecular formula is C15H20ClN3O3. The standard InChI is InChI=1S/C15H20ClN3O3/c1-9(2)22-13-5-4-11(8-12(13)16)18-10(3)14(20)19-7-6-17-15(19)21/h4-5,8-10,18H,6-7H2,1-3H3,(H,17,21). The molecule has 0 aromatic heterocycles. The topological polar surface area (TPSA) is 70.7 Å². The molecule has 120 valence electrons. The molecule has 1 unspecified atom stereocenters. The molecule has 1 fully saturated rings. The number of ether oxygens (including phenoxy) is 1. The first kappa shape index (κ1) is 16.4. The lowest BCUT2D eigenvalue weighted by Crippen LogP contribution is -2.43. The summed E-state index contributed by atoms with van der Waals surface area (Å²) in [4.78, 5) is 24.9. The fourth-order valence-electron chi connectivity index (χ4n) is 2.17. The maximum Gasteiger partial charge on any atom is 0.324 e. The van der Waals surface area contributed by atoms with Crippen LogP contribution in [0, 0.1) is 0 Å². The van der Waals surface area contributed by atoms with Crippen molar-refractivity contribution in [2.24, 2.45) is 0 Å². The molecule has 1 atom stereocenters.